The van der Waals surface area contributed by atoms with Gasteiger partial charge in [-0.2, -0.15) is 0 Å². The molecule has 2 rings (SSSR count). The molecule has 0 saturated carbocycles. The van der Waals surface area contributed by atoms with Gasteiger partial charge in [0.2, 0.25) is 11.8 Å². The van der Waals surface area contributed by atoms with Crippen LogP contribution in [0.5, 0.6) is 0 Å². The largest absolute Gasteiger partial charge is 0.352 e. The van der Waals surface area contributed by atoms with Gasteiger partial charge in [0, 0.05) is 17.5 Å². The average molecular weight is 399 g/mol. The van der Waals surface area contributed by atoms with Crippen LogP contribution in [0.25, 0.3) is 0 Å². The minimum Gasteiger partial charge on any atom is -0.352 e. The van der Waals surface area contributed by atoms with Crippen LogP contribution in [0.3, 0.4) is 0 Å². The number of hydrogen-bond donors (Lipinski definition) is 1. The summed E-state index contributed by atoms with van der Waals surface area (Å²) in [5, 5.41) is 2.99. The van der Waals surface area contributed by atoms with Gasteiger partial charge in [0.1, 0.15) is 6.04 Å². The number of nitrogens with zero attached hydrogens (tertiary/aromatic N) is 1. The molecule has 0 aliphatic rings. The quantitative estimate of drug-likeness (QED) is 0.636. The van der Waals surface area contributed by atoms with Crippen molar-refractivity contribution in [1.29, 1.82) is 0 Å². The fourth-order valence-electron chi connectivity index (χ4n) is 2.69. The Morgan fingerprint density at radius 1 is 1.04 bits per heavy atom. The van der Waals surface area contributed by atoms with Crippen LogP contribution >= 0.6 is 11.8 Å². The summed E-state index contributed by atoms with van der Waals surface area (Å²) < 4.78 is 0. The van der Waals surface area contributed by atoms with Gasteiger partial charge in [0.05, 0.1) is 5.75 Å². The minimum atomic E-state index is -0.527. The Labute approximate surface area is 172 Å². The van der Waals surface area contributed by atoms with Crippen LogP contribution < -0.4 is 5.32 Å². The van der Waals surface area contributed by atoms with Crippen molar-refractivity contribution in [3.63, 3.8) is 0 Å². The molecule has 0 aliphatic heterocycles. The predicted molar refractivity (Wildman–Crippen MR) is 116 cm³/mol. The highest BCUT2D eigenvalue weighted by molar-refractivity contribution is 8.00. The molecule has 2 atom stereocenters. The predicted octanol–water partition coefficient (Wildman–Crippen LogP) is 4.42. The van der Waals surface area contributed by atoms with Crippen LogP contribution in [-0.4, -0.2) is 34.6 Å². The van der Waals surface area contributed by atoms with Gasteiger partial charge in [-0.25, -0.2) is 0 Å². The molecule has 2 amide bonds. The third-order valence-corrected chi connectivity index (χ3v) is 5.74. The Morgan fingerprint density at radius 2 is 1.68 bits per heavy atom. The maximum Gasteiger partial charge on any atom is 0.242 e. The molecule has 0 heterocycles. The minimum absolute atomic E-state index is 0.0405. The van der Waals surface area contributed by atoms with E-state index in [9.17, 15) is 9.59 Å². The summed E-state index contributed by atoms with van der Waals surface area (Å²) in [4.78, 5) is 28.4. The summed E-state index contributed by atoms with van der Waals surface area (Å²) in [6, 6.07) is 17.5. The molecule has 150 valence electrons. The summed E-state index contributed by atoms with van der Waals surface area (Å²) in [6.07, 6.45) is 0.856. The monoisotopic (exact) mass is 398 g/mol. The molecule has 0 saturated heterocycles. The zero-order valence-electron chi connectivity index (χ0n) is 17.1. The number of thioether (sulfide) groups is 1. The number of rotatable bonds is 9. The lowest BCUT2D eigenvalue weighted by Crippen LogP contribution is -2.50. The second kappa shape index (κ2) is 10.9. The number of carbonyl (C=O) groups excluding carboxylic acids is 2. The summed E-state index contributed by atoms with van der Waals surface area (Å²) in [5.41, 5.74) is 2.20. The van der Waals surface area contributed by atoms with E-state index >= 15 is 0 Å². The number of nitrogens with one attached hydrogen (secondary N) is 1. The summed E-state index contributed by atoms with van der Waals surface area (Å²) in [6.45, 7) is 8.26. The molecule has 0 unspecified atom stereocenters. The van der Waals surface area contributed by atoms with Crippen molar-refractivity contribution in [2.45, 2.75) is 57.6 Å². The number of hydrogen-bond acceptors (Lipinski definition) is 3. The fourth-order valence-corrected chi connectivity index (χ4v) is 3.48. The maximum atomic E-state index is 13.0. The van der Waals surface area contributed by atoms with Gasteiger partial charge < -0.3 is 10.2 Å². The fraction of sp³-hybridized carbons (Fsp3) is 0.391. The number of benzene rings is 2. The molecular formula is C23H30N2O2S. The van der Waals surface area contributed by atoms with Crippen LogP contribution in [0.1, 0.15) is 38.3 Å². The van der Waals surface area contributed by atoms with E-state index in [0.29, 0.717) is 12.3 Å². The number of amides is 2. The highest BCUT2D eigenvalue weighted by atomic mass is 32.2. The Balaban J connectivity index is 2.10. The van der Waals surface area contributed by atoms with Crippen molar-refractivity contribution >= 4 is 23.6 Å². The van der Waals surface area contributed by atoms with Crippen LogP contribution in [0, 0.1) is 6.92 Å². The highest BCUT2D eigenvalue weighted by Crippen LogP contribution is 2.20. The second-order valence-corrected chi connectivity index (χ2v) is 8.15. The summed E-state index contributed by atoms with van der Waals surface area (Å²) >= 11 is 1.50. The van der Waals surface area contributed by atoms with E-state index in [2.05, 4.69) is 5.32 Å². The molecule has 4 nitrogen and oxygen atoms in total. The van der Waals surface area contributed by atoms with Gasteiger partial charge in [-0.15, -0.1) is 11.8 Å². The topological polar surface area (TPSA) is 49.4 Å². The van der Waals surface area contributed by atoms with Crippen molar-refractivity contribution in [2.75, 3.05) is 5.75 Å². The van der Waals surface area contributed by atoms with Crippen molar-refractivity contribution < 1.29 is 9.59 Å². The first-order valence-electron chi connectivity index (χ1n) is 9.74. The number of aryl methyl sites for hydroxylation is 1. The molecule has 2 aromatic carbocycles. The first kappa shape index (κ1) is 22.0. The van der Waals surface area contributed by atoms with Crippen LogP contribution in [-0.2, 0) is 16.1 Å². The first-order chi connectivity index (χ1) is 13.4. The van der Waals surface area contributed by atoms with Crippen molar-refractivity contribution in [3.8, 4) is 0 Å². The molecule has 0 aliphatic carbocycles. The van der Waals surface area contributed by atoms with Gasteiger partial charge in [0.15, 0.2) is 0 Å². The maximum absolute atomic E-state index is 13.0. The number of carbonyl (C=O) groups is 2. The second-order valence-electron chi connectivity index (χ2n) is 7.10. The highest BCUT2D eigenvalue weighted by Gasteiger charge is 2.26. The van der Waals surface area contributed by atoms with Crippen LogP contribution in [0.15, 0.2) is 59.5 Å². The molecule has 0 spiro atoms. The first-order valence-corrected chi connectivity index (χ1v) is 10.7. The van der Waals surface area contributed by atoms with E-state index in [4.69, 9.17) is 0 Å². The Bertz CT molecular complexity index is 762. The molecular weight excluding hydrogens is 368 g/mol. The lowest BCUT2D eigenvalue weighted by atomic mass is 10.1. The molecule has 5 heteroatoms. The molecule has 28 heavy (non-hydrogen) atoms. The van der Waals surface area contributed by atoms with Crippen molar-refractivity contribution in [3.05, 3.63) is 65.7 Å². The van der Waals surface area contributed by atoms with Gasteiger partial charge >= 0.3 is 0 Å². The average Bonchev–Trinajstić information content (AvgIpc) is 2.71. The molecule has 1 N–H and O–H groups in total. The lowest BCUT2D eigenvalue weighted by molar-refractivity contribution is -0.138. The van der Waals surface area contributed by atoms with Crippen molar-refractivity contribution in [2.24, 2.45) is 0 Å². The van der Waals surface area contributed by atoms with E-state index in [1.165, 1.54) is 17.3 Å². The molecule has 0 aromatic heterocycles. The van der Waals surface area contributed by atoms with Gasteiger partial charge in [-0.05, 0) is 44.9 Å². The van der Waals surface area contributed by atoms with E-state index in [0.717, 1.165) is 16.9 Å². The molecule has 2 aromatic rings. The molecule has 0 bridgehead atoms. The van der Waals surface area contributed by atoms with E-state index in [1.807, 2.05) is 75.4 Å². The van der Waals surface area contributed by atoms with Gasteiger partial charge in [-0.3, -0.25) is 9.59 Å². The van der Waals surface area contributed by atoms with E-state index in [-0.39, 0.29) is 17.9 Å². The Hall–Kier alpha value is -2.27. The summed E-state index contributed by atoms with van der Waals surface area (Å²) in [5.74, 6) is 0.150. The van der Waals surface area contributed by atoms with Gasteiger partial charge in [-0.1, -0.05) is 55.0 Å². The third kappa shape index (κ3) is 6.71. The summed E-state index contributed by atoms with van der Waals surface area (Å²) in [7, 11) is 0. The molecule has 0 radical (unpaired) electrons. The smallest absolute Gasteiger partial charge is 0.242 e. The van der Waals surface area contributed by atoms with Crippen LogP contribution in [0.2, 0.25) is 0 Å². The standard InChI is InChI=1S/C23H30N2O2S/c1-5-18(3)24-23(27)19(4)25(15-20-9-7-6-8-10-20)22(26)16-28-21-13-11-17(2)12-14-21/h6-14,18-19H,5,15-16H2,1-4H3,(H,24,27)/t18-,19+/m1/s1. The van der Waals surface area contributed by atoms with E-state index in [1.54, 1.807) is 11.8 Å². The lowest BCUT2D eigenvalue weighted by Gasteiger charge is -2.29. The van der Waals surface area contributed by atoms with E-state index < -0.39 is 6.04 Å². The zero-order valence-corrected chi connectivity index (χ0v) is 18.0. The van der Waals surface area contributed by atoms with Crippen LogP contribution in [0.4, 0.5) is 0 Å². The SMILES string of the molecule is CC[C@@H](C)NC(=O)[C@H](C)N(Cc1ccccc1)C(=O)CSc1ccc(C)cc1. The molecule has 0 fully saturated rings. The normalized spacial score (nSPS) is 12.9. The van der Waals surface area contributed by atoms with Crippen molar-refractivity contribution in [1.82, 2.24) is 10.2 Å². The van der Waals surface area contributed by atoms with Gasteiger partial charge in [0.25, 0.3) is 0 Å². The Morgan fingerprint density at radius 3 is 2.29 bits per heavy atom. The zero-order chi connectivity index (χ0) is 20.5. The third-order valence-electron chi connectivity index (χ3n) is 4.75. The Kier molecular flexibility index (Phi) is 8.58.